The van der Waals surface area contributed by atoms with Gasteiger partial charge < -0.3 is 49.8 Å². The lowest BCUT2D eigenvalue weighted by Gasteiger charge is -2.46. The number of esters is 1. The zero-order valence-electron chi connectivity index (χ0n) is 44.6. The highest BCUT2D eigenvalue weighted by Gasteiger charge is 2.60. The first kappa shape index (κ1) is 58.9. The first-order valence-corrected chi connectivity index (χ1v) is 30.1. The number of carbonyl (C=O) groups is 3. The standard InChI is InChI=1S/C52H83N5O12Si2/c1-33(2)40(59)38(55-48(63)67-32-35-19-16-15-17-20-35)45(61)54-28-18-27-53-39(47(62)69-50(3,4)5)41(60)42-44(71(13,14)51(6,7)8)43(66-30-26-52(9,10)70-12)46(68-42)56-29-25-37(58)57(49(56)64)31-34-21-23-36(65-11)24-22-34/h15-17,19-25,29,33,38-44,46,53,59-60H,18,26-28,30-32,70H2,1-14H3,(H,54,61)(H,55,63)/t38-,39-,40-,41-,42?,43+,44+,46+/m0/s1. The molecule has 2 heterocycles. The van der Waals surface area contributed by atoms with Gasteiger partial charge in [-0.3, -0.25) is 23.5 Å². The number of alkyl carbamates (subject to hydrolysis) is 1. The van der Waals surface area contributed by atoms with Crippen LogP contribution in [0.1, 0.15) is 99.4 Å². The smallest absolute Gasteiger partial charge is 0.408 e. The predicted octanol–water partition coefficient (Wildman–Crippen LogP) is 5.51. The number of aromatic nitrogens is 2. The number of rotatable bonds is 24. The van der Waals surface area contributed by atoms with Crippen LogP contribution >= 0.6 is 0 Å². The minimum Gasteiger partial charge on any atom is -0.497 e. The molecule has 0 saturated carbocycles. The number of methoxy groups -OCH3 is 1. The molecule has 1 unspecified atom stereocenters. The maximum Gasteiger partial charge on any atom is 0.408 e. The van der Waals surface area contributed by atoms with E-state index in [0.717, 1.165) is 16.6 Å². The second kappa shape index (κ2) is 25.3. The van der Waals surface area contributed by atoms with Gasteiger partial charge in [-0.2, -0.15) is 0 Å². The molecule has 0 aliphatic carbocycles. The highest BCUT2D eigenvalue weighted by Crippen LogP contribution is 2.54. The summed E-state index contributed by atoms with van der Waals surface area (Å²) in [4.78, 5) is 68.6. The molecule has 1 fully saturated rings. The lowest BCUT2D eigenvalue weighted by atomic mass is 9.99. The number of hydrogen-bond donors (Lipinski definition) is 5. The molecule has 5 N–H and O–H groups in total. The fourth-order valence-electron chi connectivity index (χ4n) is 8.29. The van der Waals surface area contributed by atoms with Gasteiger partial charge >= 0.3 is 17.8 Å². The lowest BCUT2D eigenvalue weighted by molar-refractivity contribution is -0.165. The second-order valence-corrected chi connectivity index (χ2v) is 30.6. The number of benzene rings is 2. The van der Waals surface area contributed by atoms with E-state index in [9.17, 15) is 34.2 Å². The van der Waals surface area contributed by atoms with E-state index in [0.29, 0.717) is 17.9 Å². The number of nitrogens with one attached hydrogen (secondary N) is 3. The van der Waals surface area contributed by atoms with E-state index in [1.165, 1.54) is 16.8 Å². The number of aliphatic hydroxyl groups excluding tert-OH is 2. The summed E-state index contributed by atoms with van der Waals surface area (Å²) < 4.78 is 33.0. The Morgan fingerprint density at radius 3 is 2.11 bits per heavy atom. The largest absolute Gasteiger partial charge is 0.497 e. The summed E-state index contributed by atoms with van der Waals surface area (Å²) in [6.07, 6.45) is -4.13. The van der Waals surface area contributed by atoms with Crippen LogP contribution in [0.2, 0.25) is 35.3 Å². The SMILES string of the molecule is COc1ccc(Cn2c(=O)ccn([C@@H]3OC([C@@H](O)[C@H](NCCCNC(=O)[C@@H](NC(=O)OCc4ccccc4)[C@@H](O)C(C)C)C(=O)OC(C)(C)C)[C@@H]([Si](C)(C)C(C)(C)C)[C@H]3OCCC(C)(C)[SiH2]C)c2=O)cc1. The zero-order valence-corrected chi connectivity index (χ0v) is 47.0. The molecule has 71 heavy (non-hydrogen) atoms. The van der Waals surface area contributed by atoms with Crippen molar-refractivity contribution in [3.05, 3.63) is 98.8 Å². The summed E-state index contributed by atoms with van der Waals surface area (Å²) in [5, 5.41) is 32.0. The van der Waals surface area contributed by atoms with Gasteiger partial charge in [-0.1, -0.05) is 111 Å². The maximum atomic E-state index is 14.6. The summed E-state index contributed by atoms with van der Waals surface area (Å²) in [5.74, 6) is -1.11. The first-order chi connectivity index (χ1) is 33.1. The van der Waals surface area contributed by atoms with Crippen LogP contribution in [0.15, 0.2) is 76.4 Å². The van der Waals surface area contributed by atoms with E-state index in [1.54, 1.807) is 78.1 Å². The molecule has 4 rings (SSSR count). The van der Waals surface area contributed by atoms with Crippen LogP contribution in [0, 0.1) is 5.92 Å². The Kier molecular flexibility index (Phi) is 21.0. The van der Waals surface area contributed by atoms with Gasteiger partial charge in [0.05, 0.1) is 33.9 Å². The van der Waals surface area contributed by atoms with Crippen LogP contribution < -0.4 is 31.9 Å². The number of amides is 2. The highest BCUT2D eigenvalue weighted by atomic mass is 28.3. The minimum absolute atomic E-state index is 0.0182. The molecule has 1 aromatic heterocycles. The van der Waals surface area contributed by atoms with Crippen LogP contribution in [0.4, 0.5) is 4.79 Å². The Bertz CT molecular complexity index is 2310. The first-order valence-electron chi connectivity index (χ1n) is 24.9. The molecule has 396 valence electrons. The quantitative estimate of drug-likeness (QED) is 0.0426. The molecule has 2 amide bonds. The molecule has 0 spiro atoms. The average Bonchev–Trinajstić information content (AvgIpc) is 3.68. The Morgan fingerprint density at radius 1 is 0.887 bits per heavy atom. The summed E-state index contributed by atoms with van der Waals surface area (Å²) in [6.45, 7) is 26.7. The molecular formula is C52H83N5O12Si2. The van der Waals surface area contributed by atoms with Crippen LogP contribution in [-0.2, 0) is 41.7 Å². The van der Waals surface area contributed by atoms with Crippen molar-refractivity contribution in [1.29, 1.82) is 0 Å². The normalized spacial score (nSPS) is 19.6. The Hall–Kier alpha value is -4.64. The summed E-state index contributed by atoms with van der Waals surface area (Å²) in [6, 6.07) is 14.8. The number of nitrogens with zero attached hydrogens (tertiary/aromatic N) is 2. The summed E-state index contributed by atoms with van der Waals surface area (Å²) >= 11 is 0. The van der Waals surface area contributed by atoms with Gasteiger partial charge in [0.25, 0.3) is 5.56 Å². The molecule has 0 radical (unpaired) electrons. The average molecular weight is 1030 g/mol. The van der Waals surface area contributed by atoms with E-state index in [1.807, 2.05) is 18.2 Å². The maximum absolute atomic E-state index is 14.6. The van der Waals surface area contributed by atoms with Gasteiger partial charge in [0, 0.05) is 40.5 Å². The third-order valence-electron chi connectivity index (χ3n) is 14.1. The van der Waals surface area contributed by atoms with Crippen molar-refractivity contribution in [3.63, 3.8) is 0 Å². The number of ether oxygens (including phenoxy) is 5. The second-order valence-electron chi connectivity index (χ2n) is 22.4. The van der Waals surface area contributed by atoms with Gasteiger partial charge in [0.15, 0.2) is 6.23 Å². The molecule has 1 saturated heterocycles. The molecule has 1 aliphatic heterocycles. The molecule has 19 heteroatoms. The number of carbonyl (C=O) groups excluding carboxylic acids is 3. The zero-order chi connectivity index (χ0) is 53.1. The van der Waals surface area contributed by atoms with Gasteiger partial charge in [-0.25, -0.2) is 9.59 Å². The molecule has 3 aromatic rings. The van der Waals surface area contributed by atoms with Crippen molar-refractivity contribution in [1.82, 2.24) is 25.1 Å². The van der Waals surface area contributed by atoms with Crippen molar-refractivity contribution < 1.29 is 48.3 Å². The van der Waals surface area contributed by atoms with Crippen molar-refractivity contribution in [3.8, 4) is 5.75 Å². The summed E-state index contributed by atoms with van der Waals surface area (Å²) in [5.41, 5.74) is -1.10. The van der Waals surface area contributed by atoms with Gasteiger partial charge in [-0.15, -0.1) is 0 Å². The van der Waals surface area contributed by atoms with Crippen molar-refractivity contribution in [2.24, 2.45) is 5.92 Å². The fraction of sp³-hybridized carbons (Fsp3) is 0.635. The number of hydrogen-bond acceptors (Lipinski definition) is 13. The van der Waals surface area contributed by atoms with Gasteiger partial charge in [0.2, 0.25) is 5.91 Å². The predicted molar refractivity (Wildman–Crippen MR) is 280 cm³/mol. The number of aliphatic hydroxyl groups is 2. The van der Waals surface area contributed by atoms with Gasteiger partial charge in [0.1, 0.15) is 42.2 Å². The van der Waals surface area contributed by atoms with E-state index in [-0.39, 0.29) is 48.7 Å². The lowest BCUT2D eigenvalue weighted by Crippen LogP contribution is -2.58. The Labute approximate surface area is 423 Å². The van der Waals surface area contributed by atoms with E-state index < -0.39 is 101 Å². The third-order valence-corrected chi connectivity index (χ3v) is 22.6. The Balaban J connectivity index is 1.67. The van der Waals surface area contributed by atoms with E-state index in [2.05, 4.69) is 70.2 Å². The molecule has 0 bridgehead atoms. The van der Waals surface area contributed by atoms with Crippen LogP contribution in [0.25, 0.3) is 0 Å². The minimum atomic E-state index is -2.68. The molecular weight excluding hydrogens is 943 g/mol. The fourth-order valence-corrected chi connectivity index (χ4v) is 12.0. The van der Waals surface area contributed by atoms with E-state index >= 15 is 0 Å². The molecule has 1 aliphatic rings. The van der Waals surface area contributed by atoms with E-state index in [4.69, 9.17) is 23.7 Å². The third kappa shape index (κ3) is 16.2. The summed E-state index contributed by atoms with van der Waals surface area (Å²) in [7, 11) is -1.56. The van der Waals surface area contributed by atoms with Crippen LogP contribution in [0.5, 0.6) is 5.75 Å². The molecule has 17 nitrogen and oxygen atoms in total. The Morgan fingerprint density at radius 2 is 1.54 bits per heavy atom. The van der Waals surface area contributed by atoms with Crippen molar-refractivity contribution >= 4 is 35.6 Å². The molecule has 8 atom stereocenters. The van der Waals surface area contributed by atoms with Crippen molar-refractivity contribution in [2.75, 3.05) is 26.8 Å². The van der Waals surface area contributed by atoms with Gasteiger partial charge in [-0.05, 0) is 79.4 Å². The monoisotopic (exact) mass is 1030 g/mol. The molecule has 2 aromatic carbocycles. The topological polar surface area (TPSA) is 218 Å². The van der Waals surface area contributed by atoms with Crippen LogP contribution in [-0.4, -0.2) is 124 Å². The highest BCUT2D eigenvalue weighted by molar-refractivity contribution is 6.81. The van der Waals surface area contributed by atoms with Crippen molar-refractivity contribution in [2.45, 2.75) is 179 Å². The van der Waals surface area contributed by atoms with Crippen LogP contribution in [0.3, 0.4) is 0 Å².